The van der Waals surface area contributed by atoms with Crippen molar-refractivity contribution in [3.8, 4) is 0 Å². The first-order valence-electron chi connectivity index (χ1n) is 7.53. The maximum absolute atomic E-state index is 12.8. The van der Waals surface area contributed by atoms with E-state index >= 15 is 0 Å². The fourth-order valence-corrected chi connectivity index (χ4v) is 3.23. The van der Waals surface area contributed by atoms with Crippen molar-refractivity contribution in [1.82, 2.24) is 14.7 Å². The molecule has 1 N–H and O–H groups in total. The smallest absolute Gasteiger partial charge is 0.326 e. The number of amides is 1. The molecule has 3 rings (SSSR count). The number of nitrogens with zero attached hydrogens (tertiary/aromatic N) is 3. The molecule has 1 aromatic rings. The molecule has 6 heteroatoms. The van der Waals surface area contributed by atoms with Gasteiger partial charge in [-0.15, -0.1) is 0 Å². The van der Waals surface area contributed by atoms with E-state index in [1.54, 1.807) is 11.8 Å². The molecule has 0 saturated heterocycles. The molecule has 1 aromatic heterocycles. The van der Waals surface area contributed by atoms with Crippen LogP contribution in [0.1, 0.15) is 37.4 Å². The molecule has 6 nitrogen and oxygen atoms in total. The van der Waals surface area contributed by atoms with E-state index in [0.29, 0.717) is 6.42 Å². The molecule has 0 aliphatic heterocycles. The van der Waals surface area contributed by atoms with E-state index < -0.39 is 12.0 Å². The van der Waals surface area contributed by atoms with Gasteiger partial charge in [0.2, 0.25) is 5.91 Å². The van der Waals surface area contributed by atoms with Crippen LogP contribution in [0.5, 0.6) is 0 Å². The molecule has 1 saturated carbocycles. The Bertz CT molecular complexity index is 577. The maximum atomic E-state index is 12.8. The number of carbonyl (C=O) groups is 2. The maximum Gasteiger partial charge on any atom is 0.326 e. The normalized spacial score (nSPS) is 22.5. The van der Waals surface area contributed by atoms with Crippen molar-refractivity contribution in [3.63, 3.8) is 0 Å². The molecule has 0 aromatic carbocycles. The third-order valence-corrected chi connectivity index (χ3v) is 4.67. The minimum Gasteiger partial charge on any atom is -0.480 e. The molecule has 21 heavy (non-hydrogen) atoms. The number of hydrogen-bond acceptors (Lipinski definition) is 3. The summed E-state index contributed by atoms with van der Waals surface area (Å²) in [4.78, 5) is 25.7. The third-order valence-electron chi connectivity index (χ3n) is 4.67. The molecule has 2 aliphatic rings. The summed E-state index contributed by atoms with van der Waals surface area (Å²) in [6.45, 7) is 1.61. The number of fused-ring (bicyclic) bond motifs is 1. The molecule has 1 fully saturated rings. The average molecular weight is 291 g/mol. The highest BCUT2D eigenvalue weighted by Crippen LogP contribution is 2.33. The van der Waals surface area contributed by atoms with Crippen LogP contribution in [0.3, 0.4) is 0 Å². The second-order valence-corrected chi connectivity index (χ2v) is 6.17. The van der Waals surface area contributed by atoms with Crippen LogP contribution in [0, 0.1) is 5.92 Å². The highest BCUT2D eigenvalue weighted by atomic mass is 16.4. The second kappa shape index (κ2) is 5.16. The van der Waals surface area contributed by atoms with Gasteiger partial charge >= 0.3 is 5.97 Å². The van der Waals surface area contributed by atoms with Crippen LogP contribution >= 0.6 is 0 Å². The highest BCUT2D eigenvalue weighted by Gasteiger charge is 2.41. The van der Waals surface area contributed by atoms with Crippen LogP contribution in [-0.4, -0.2) is 43.7 Å². The molecular formula is C15H21N3O3. The number of aromatic nitrogens is 2. The standard InChI is InChI=1S/C15H21N3O3/c1-9(15(20)21)18(12-5-6-12)14(19)10-3-4-11-8-16-17(2)13(11)7-10/h8-10,12H,3-7H2,1-2H3,(H,20,21). The molecule has 0 radical (unpaired) electrons. The van der Waals surface area contributed by atoms with Crippen molar-refractivity contribution in [2.75, 3.05) is 0 Å². The first-order valence-corrected chi connectivity index (χ1v) is 7.53. The van der Waals surface area contributed by atoms with Crippen molar-refractivity contribution in [2.24, 2.45) is 13.0 Å². The summed E-state index contributed by atoms with van der Waals surface area (Å²) < 4.78 is 1.83. The van der Waals surface area contributed by atoms with E-state index in [2.05, 4.69) is 5.10 Å². The van der Waals surface area contributed by atoms with Gasteiger partial charge in [-0.2, -0.15) is 5.10 Å². The Kier molecular flexibility index (Phi) is 3.47. The van der Waals surface area contributed by atoms with E-state index in [9.17, 15) is 14.7 Å². The third kappa shape index (κ3) is 2.54. The van der Waals surface area contributed by atoms with Crippen LogP contribution in [0.15, 0.2) is 6.20 Å². The van der Waals surface area contributed by atoms with Gasteiger partial charge in [0.1, 0.15) is 6.04 Å². The summed E-state index contributed by atoms with van der Waals surface area (Å²) in [7, 11) is 1.89. The lowest BCUT2D eigenvalue weighted by Crippen LogP contribution is -2.48. The lowest BCUT2D eigenvalue weighted by molar-refractivity contribution is -0.152. The molecule has 0 bridgehead atoms. The van der Waals surface area contributed by atoms with Crippen molar-refractivity contribution >= 4 is 11.9 Å². The van der Waals surface area contributed by atoms with E-state index in [0.717, 1.165) is 31.4 Å². The topological polar surface area (TPSA) is 75.4 Å². The Morgan fingerprint density at radius 2 is 2.14 bits per heavy atom. The summed E-state index contributed by atoms with van der Waals surface area (Å²) in [6.07, 6.45) is 6.02. The quantitative estimate of drug-likeness (QED) is 0.897. The first-order chi connectivity index (χ1) is 9.99. The van der Waals surface area contributed by atoms with Gasteiger partial charge in [0.15, 0.2) is 0 Å². The molecular weight excluding hydrogens is 270 g/mol. The summed E-state index contributed by atoms with van der Waals surface area (Å²) >= 11 is 0. The molecule has 2 aliphatic carbocycles. The zero-order chi connectivity index (χ0) is 15.1. The zero-order valence-corrected chi connectivity index (χ0v) is 12.5. The Morgan fingerprint density at radius 3 is 2.76 bits per heavy atom. The lowest BCUT2D eigenvalue weighted by atomic mass is 9.86. The average Bonchev–Trinajstić information content (AvgIpc) is 3.22. The van der Waals surface area contributed by atoms with Gasteiger partial charge in [-0.1, -0.05) is 0 Å². The Hall–Kier alpha value is -1.85. The largest absolute Gasteiger partial charge is 0.480 e. The predicted molar refractivity (Wildman–Crippen MR) is 75.7 cm³/mol. The van der Waals surface area contributed by atoms with Crippen molar-refractivity contribution in [2.45, 2.75) is 51.1 Å². The summed E-state index contributed by atoms with van der Waals surface area (Å²) in [5.74, 6) is -1.04. The number of hydrogen-bond donors (Lipinski definition) is 1. The van der Waals surface area contributed by atoms with Gasteiger partial charge in [-0.25, -0.2) is 4.79 Å². The highest BCUT2D eigenvalue weighted by molar-refractivity contribution is 5.85. The van der Waals surface area contributed by atoms with Crippen LogP contribution in [0.4, 0.5) is 0 Å². The van der Waals surface area contributed by atoms with E-state index in [1.807, 2.05) is 17.9 Å². The minimum atomic E-state index is -0.924. The molecule has 1 amide bonds. The van der Waals surface area contributed by atoms with Gasteiger partial charge in [0.25, 0.3) is 0 Å². The van der Waals surface area contributed by atoms with E-state index in [1.165, 1.54) is 5.56 Å². The SMILES string of the molecule is CC(C(=O)O)N(C(=O)C1CCc2cnn(C)c2C1)C1CC1. The monoisotopic (exact) mass is 291 g/mol. The number of carboxylic acids is 1. The second-order valence-electron chi connectivity index (χ2n) is 6.17. The summed E-state index contributed by atoms with van der Waals surface area (Å²) in [5, 5.41) is 13.5. The zero-order valence-electron chi connectivity index (χ0n) is 12.5. The molecule has 114 valence electrons. The van der Waals surface area contributed by atoms with Crippen molar-refractivity contribution in [3.05, 3.63) is 17.5 Å². The Labute approximate surface area is 123 Å². The fraction of sp³-hybridized carbons (Fsp3) is 0.667. The van der Waals surface area contributed by atoms with E-state index in [4.69, 9.17) is 0 Å². The van der Waals surface area contributed by atoms with Gasteiger partial charge in [0, 0.05) is 31.1 Å². The van der Waals surface area contributed by atoms with Crippen LogP contribution in [-0.2, 0) is 29.5 Å². The van der Waals surface area contributed by atoms with Gasteiger partial charge < -0.3 is 10.0 Å². The predicted octanol–water partition coefficient (Wildman–Crippen LogP) is 0.989. The van der Waals surface area contributed by atoms with Gasteiger partial charge in [0.05, 0.1) is 6.20 Å². The van der Waals surface area contributed by atoms with Crippen molar-refractivity contribution in [1.29, 1.82) is 0 Å². The van der Waals surface area contributed by atoms with Gasteiger partial charge in [-0.3, -0.25) is 9.48 Å². The van der Waals surface area contributed by atoms with Crippen LogP contribution in [0.2, 0.25) is 0 Å². The van der Waals surface area contributed by atoms with Crippen LogP contribution in [0.25, 0.3) is 0 Å². The fourth-order valence-electron chi connectivity index (χ4n) is 3.23. The van der Waals surface area contributed by atoms with E-state index in [-0.39, 0.29) is 17.9 Å². The lowest BCUT2D eigenvalue weighted by Gasteiger charge is -2.32. The first kappa shape index (κ1) is 14.1. The summed E-state index contributed by atoms with van der Waals surface area (Å²) in [6, 6.07) is -0.616. The number of aliphatic carboxylic acids is 1. The number of carbonyl (C=O) groups excluding carboxylic acids is 1. The number of carboxylic acid groups (broad SMARTS) is 1. The van der Waals surface area contributed by atoms with Gasteiger partial charge in [-0.05, 0) is 38.2 Å². The molecule has 1 heterocycles. The number of aryl methyl sites for hydroxylation is 2. The minimum absolute atomic E-state index is 0.000694. The van der Waals surface area contributed by atoms with Crippen molar-refractivity contribution < 1.29 is 14.7 Å². The van der Waals surface area contributed by atoms with Crippen LogP contribution < -0.4 is 0 Å². The Balaban J connectivity index is 1.78. The molecule has 0 spiro atoms. The molecule has 2 unspecified atom stereocenters. The summed E-state index contributed by atoms with van der Waals surface area (Å²) in [5.41, 5.74) is 2.32. The Morgan fingerprint density at radius 1 is 1.43 bits per heavy atom. The number of rotatable bonds is 4. The molecule has 2 atom stereocenters.